The molecule has 0 spiro atoms. The van der Waals surface area contributed by atoms with Crippen LogP contribution in [0.25, 0.3) is 17.0 Å². The molecular formula is C23H17BrN4O2S. The highest BCUT2D eigenvalue weighted by Crippen LogP contribution is 2.34. The molecule has 0 aliphatic carbocycles. The second kappa shape index (κ2) is 8.20. The molecule has 0 unspecified atom stereocenters. The average Bonchev–Trinajstić information content (AvgIpc) is 3.27. The first-order chi connectivity index (χ1) is 15.1. The lowest BCUT2D eigenvalue weighted by Crippen LogP contribution is -2.50. The topological polar surface area (TPSA) is 70.2 Å². The summed E-state index contributed by atoms with van der Waals surface area (Å²) >= 11 is 4.86. The SMILES string of the molecule is C=CCSC1=NN2C(=c3ccccc3=N[C@@H]2c2ccc(-c3ccc(Br)cc3)o2)C(=O)N1. The van der Waals surface area contributed by atoms with Gasteiger partial charge in [0.25, 0.3) is 5.91 Å². The van der Waals surface area contributed by atoms with Crippen molar-refractivity contribution in [3.05, 3.63) is 94.1 Å². The van der Waals surface area contributed by atoms with E-state index in [9.17, 15) is 4.79 Å². The lowest BCUT2D eigenvalue weighted by Gasteiger charge is -2.32. The van der Waals surface area contributed by atoms with Crippen LogP contribution in [0.4, 0.5) is 0 Å². The monoisotopic (exact) mass is 492 g/mol. The number of halogens is 1. The predicted molar refractivity (Wildman–Crippen MR) is 125 cm³/mol. The summed E-state index contributed by atoms with van der Waals surface area (Å²) in [7, 11) is 0. The minimum Gasteiger partial charge on any atom is -0.457 e. The van der Waals surface area contributed by atoms with Gasteiger partial charge in [-0.2, -0.15) is 0 Å². The van der Waals surface area contributed by atoms with Crippen LogP contribution in [0.1, 0.15) is 11.9 Å². The van der Waals surface area contributed by atoms with Crippen molar-refractivity contribution in [2.45, 2.75) is 6.17 Å². The highest BCUT2D eigenvalue weighted by molar-refractivity contribution is 9.10. The number of furan rings is 1. The number of hydrogen-bond donors (Lipinski definition) is 1. The minimum absolute atomic E-state index is 0.214. The first-order valence-electron chi connectivity index (χ1n) is 9.60. The van der Waals surface area contributed by atoms with Gasteiger partial charge in [0.05, 0.1) is 5.36 Å². The van der Waals surface area contributed by atoms with Crippen molar-refractivity contribution in [1.82, 2.24) is 10.3 Å². The number of para-hydroxylation sites is 1. The third-order valence-corrected chi connectivity index (χ3v) is 6.25. The van der Waals surface area contributed by atoms with Gasteiger partial charge in [0.15, 0.2) is 10.9 Å². The highest BCUT2D eigenvalue weighted by atomic mass is 79.9. The van der Waals surface area contributed by atoms with Gasteiger partial charge in [-0.3, -0.25) is 10.1 Å². The molecule has 1 atom stereocenters. The molecule has 3 aromatic rings. The van der Waals surface area contributed by atoms with Gasteiger partial charge in [-0.1, -0.05) is 64.1 Å². The third-order valence-electron chi connectivity index (χ3n) is 4.86. The number of carbonyl (C=O) groups is 1. The lowest BCUT2D eigenvalue weighted by molar-refractivity contribution is -0.116. The fourth-order valence-electron chi connectivity index (χ4n) is 3.48. The largest absolute Gasteiger partial charge is 0.457 e. The van der Waals surface area contributed by atoms with Crippen LogP contribution in [-0.4, -0.2) is 21.8 Å². The zero-order valence-electron chi connectivity index (χ0n) is 16.3. The molecular weight excluding hydrogens is 476 g/mol. The van der Waals surface area contributed by atoms with E-state index in [4.69, 9.17) is 9.41 Å². The molecule has 154 valence electrons. The maximum Gasteiger partial charge on any atom is 0.276 e. The lowest BCUT2D eigenvalue weighted by atomic mass is 10.1. The summed E-state index contributed by atoms with van der Waals surface area (Å²) in [6, 6.07) is 19.2. The van der Waals surface area contributed by atoms with E-state index in [0.29, 0.717) is 22.4 Å². The molecule has 2 aliphatic rings. The molecule has 0 saturated heterocycles. The Balaban J connectivity index is 1.61. The summed E-state index contributed by atoms with van der Waals surface area (Å²) in [5.74, 6) is 1.75. The number of nitrogens with zero attached hydrogens (tertiary/aromatic N) is 3. The number of thioether (sulfide) groups is 1. The Hall–Kier alpha value is -3.10. The van der Waals surface area contributed by atoms with Crippen LogP contribution in [0.3, 0.4) is 0 Å². The number of amidine groups is 1. The van der Waals surface area contributed by atoms with E-state index in [1.165, 1.54) is 11.8 Å². The summed E-state index contributed by atoms with van der Waals surface area (Å²) in [5, 5.41) is 11.2. The van der Waals surface area contributed by atoms with Crippen molar-refractivity contribution in [2.24, 2.45) is 10.1 Å². The first kappa shape index (κ1) is 19.8. The van der Waals surface area contributed by atoms with Gasteiger partial charge in [0.2, 0.25) is 6.17 Å². The molecule has 5 rings (SSSR count). The summed E-state index contributed by atoms with van der Waals surface area (Å²) in [5.41, 5.74) is 1.41. The van der Waals surface area contributed by atoms with E-state index in [0.717, 1.165) is 26.4 Å². The van der Waals surface area contributed by atoms with Crippen LogP contribution >= 0.6 is 27.7 Å². The maximum atomic E-state index is 13.0. The van der Waals surface area contributed by atoms with Crippen LogP contribution < -0.4 is 15.9 Å². The van der Waals surface area contributed by atoms with Crippen LogP contribution in [0.2, 0.25) is 0 Å². The molecule has 1 amide bonds. The number of fused-ring (bicyclic) bond motifs is 2. The molecule has 1 aromatic heterocycles. The van der Waals surface area contributed by atoms with Gasteiger partial charge in [0.1, 0.15) is 11.5 Å². The van der Waals surface area contributed by atoms with E-state index < -0.39 is 6.17 Å². The van der Waals surface area contributed by atoms with Gasteiger partial charge in [-0.25, -0.2) is 10.0 Å². The van der Waals surface area contributed by atoms with E-state index in [-0.39, 0.29) is 5.91 Å². The number of nitrogens with one attached hydrogen (secondary N) is 1. The standard InChI is InChI=1S/C23H17BrN4O2S/c1-2-13-31-23-26-22(29)20-16-5-3-4-6-17(16)25-21(28(20)27-23)19-12-11-18(30-19)14-7-9-15(24)10-8-14/h2-12,21H,1,13H2,(H,26,27,29)/t21-/m0/s1. The van der Waals surface area contributed by atoms with E-state index in [2.05, 4.69) is 32.9 Å². The van der Waals surface area contributed by atoms with Crippen molar-refractivity contribution in [3.8, 4) is 11.3 Å². The number of carbonyl (C=O) groups excluding carboxylic acids is 1. The molecule has 2 aliphatic heterocycles. The zero-order valence-corrected chi connectivity index (χ0v) is 18.7. The number of rotatable bonds is 4. The molecule has 1 N–H and O–H groups in total. The minimum atomic E-state index is -0.584. The number of hydrogen-bond acceptors (Lipinski definition) is 6. The van der Waals surface area contributed by atoms with Gasteiger partial charge >= 0.3 is 0 Å². The Labute approximate surface area is 191 Å². The molecule has 0 saturated carbocycles. The normalized spacial score (nSPS) is 17.3. The summed E-state index contributed by atoms with van der Waals surface area (Å²) in [6.45, 7) is 3.73. The molecule has 6 nitrogen and oxygen atoms in total. The van der Waals surface area contributed by atoms with Gasteiger partial charge in [-0.05, 0) is 30.3 Å². The molecule has 8 heteroatoms. The Morgan fingerprint density at radius 3 is 2.77 bits per heavy atom. The Morgan fingerprint density at radius 2 is 1.97 bits per heavy atom. The van der Waals surface area contributed by atoms with E-state index >= 15 is 0 Å². The van der Waals surface area contributed by atoms with Crippen LogP contribution in [0.5, 0.6) is 0 Å². The van der Waals surface area contributed by atoms with Crippen LogP contribution in [0, 0.1) is 0 Å². The predicted octanol–water partition coefficient (Wildman–Crippen LogP) is 3.77. The molecule has 31 heavy (non-hydrogen) atoms. The smallest absolute Gasteiger partial charge is 0.276 e. The fraction of sp³-hybridized carbons (Fsp3) is 0.0870. The van der Waals surface area contributed by atoms with Crippen molar-refractivity contribution in [3.63, 3.8) is 0 Å². The molecule has 2 aromatic carbocycles. The Kier molecular flexibility index (Phi) is 5.25. The van der Waals surface area contributed by atoms with E-state index in [1.54, 1.807) is 11.1 Å². The zero-order chi connectivity index (χ0) is 21.4. The van der Waals surface area contributed by atoms with Gasteiger partial charge in [0, 0.05) is 21.0 Å². The first-order valence-corrected chi connectivity index (χ1v) is 11.4. The van der Waals surface area contributed by atoms with Gasteiger partial charge in [-0.15, -0.1) is 11.7 Å². The summed E-state index contributed by atoms with van der Waals surface area (Å²) in [6.07, 6.45) is 1.18. The van der Waals surface area contributed by atoms with E-state index in [1.807, 2.05) is 60.7 Å². The number of hydrazone groups is 1. The molecule has 0 radical (unpaired) electrons. The second-order valence-electron chi connectivity index (χ2n) is 6.88. The number of benzene rings is 2. The maximum absolute atomic E-state index is 13.0. The molecule has 0 bridgehead atoms. The third kappa shape index (κ3) is 3.73. The number of amides is 1. The average molecular weight is 493 g/mol. The summed E-state index contributed by atoms with van der Waals surface area (Å²) < 4.78 is 7.18. The molecule has 0 fully saturated rings. The van der Waals surface area contributed by atoms with Crippen molar-refractivity contribution >= 4 is 44.5 Å². The fourth-order valence-corrected chi connectivity index (χ4v) is 4.33. The summed E-state index contributed by atoms with van der Waals surface area (Å²) in [4.78, 5) is 17.9. The van der Waals surface area contributed by atoms with Crippen LogP contribution in [-0.2, 0) is 4.79 Å². The van der Waals surface area contributed by atoms with Crippen molar-refractivity contribution in [1.29, 1.82) is 0 Å². The molecule has 3 heterocycles. The van der Waals surface area contributed by atoms with Gasteiger partial charge < -0.3 is 4.42 Å². The highest BCUT2D eigenvalue weighted by Gasteiger charge is 2.35. The Bertz CT molecular complexity index is 1330. The van der Waals surface area contributed by atoms with Crippen molar-refractivity contribution < 1.29 is 9.21 Å². The van der Waals surface area contributed by atoms with Crippen molar-refractivity contribution in [2.75, 3.05) is 5.75 Å². The quantitative estimate of drug-likeness (QED) is 0.562. The second-order valence-corrected chi connectivity index (χ2v) is 8.81. The van der Waals surface area contributed by atoms with Crippen LogP contribution in [0.15, 0.2) is 92.3 Å². The Morgan fingerprint density at radius 1 is 1.16 bits per heavy atom.